The number of methoxy groups -OCH3 is 1. The van der Waals surface area contributed by atoms with Crippen LogP contribution in [-0.2, 0) is 30.3 Å². The molecule has 10 heteroatoms. The molecule has 0 aliphatic rings. The summed E-state index contributed by atoms with van der Waals surface area (Å²) in [5, 5.41) is 9.92. The van der Waals surface area contributed by atoms with E-state index >= 15 is 0 Å². The molecule has 1 rings (SSSR count). The standard InChI is InChI=1S/C22H32N4O6/c1-14(2)10-17(13-27)25-20(29)15(3)24-19(28)12-23-21(30)18(26-22(31)32-4)11-16-8-6-5-7-9-16/h5-9,13-15,17-18H,10-12H2,1-4H3,(H,23,30)(H,24,28)(H,25,29)(H,26,31)/t15-,17-,18-/m0/s1. The first kappa shape index (κ1) is 26.6. The number of hydrogen-bond acceptors (Lipinski definition) is 6. The minimum Gasteiger partial charge on any atom is -0.453 e. The van der Waals surface area contributed by atoms with Crippen molar-refractivity contribution in [3.8, 4) is 0 Å². The van der Waals surface area contributed by atoms with Crippen LogP contribution in [0.4, 0.5) is 4.79 Å². The highest BCUT2D eigenvalue weighted by Crippen LogP contribution is 2.04. The lowest BCUT2D eigenvalue weighted by Gasteiger charge is -2.20. The third-order valence-electron chi connectivity index (χ3n) is 4.49. The number of carbonyl (C=O) groups excluding carboxylic acids is 5. The van der Waals surface area contributed by atoms with Crippen LogP contribution < -0.4 is 21.3 Å². The smallest absolute Gasteiger partial charge is 0.407 e. The monoisotopic (exact) mass is 448 g/mol. The predicted octanol–water partition coefficient (Wildman–Crippen LogP) is 0.304. The van der Waals surface area contributed by atoms with Crippen molar-refractivity contribution in [2.24, 2.45) is 5.92 Å². The van der Waals surface area contributed by atoms with Gasteiger partial charge in [0.05, 0.1) is 19.7 Å². The van der Waals surface area contributed by atoms with Crippen molar-refractivity contribution in [3.63, 3.8) is 0 Å². The van der Waals surface area contributed by atoms with Crippen LogP contribution in [0.1, 0.15) is 32.8 Å². The highest BCUT2D eigenvalue weighted by Gasteiger charge is 2.23. The topological polar surface area (TPSA) is 143 Å². The van der Waals surface area contributed by atoms with E-state index in [4.69, 9.17) is 0 Å². The molecule has 32 heavy (non-hydrogen) atoms. The highest BCUT2D eigenvalue weighted by molar-refractivity contribution is 5.92. The average Bonchev–Trinajstić information content (AvgIpc) is 2.76. The summed E-state index contributed by atoms with van der Waals surface area (Å²) in [6.45, 7) is 4.93. The van der Waals surface area contributed by atoms with E-state index in [0.717, 1.165) is 5.56 Å². The number of benzene rings is 1. The molecule has 176 valence electrons. The lowest BCUT2D eigenvalue weighted by atomic mass is 10.0. The first-order chi connectivity index (χ1) is 15.2. The van der Waals surface area contributed by atoms with Gasteiger partial charge >= 0.3 is 6.09 Å². The largest absolute Gasteiger partial charge is 0.453 e. The molecule has 0 bridgehead atoms. The Labute approximate surface area is 187 Å². The summed E-state index contributed by atoms with van der Waals surface area (Å²) in [6, 6.07) is 6.55. The number of hydrogen-bond donors (Lipinski definition) is 4. The Kier molecular flexibility index (Phi) is 11.5. The van der Waals surface area contributed by atoms with Gasteiger partial charge in [-0.2, -0.15) is 0 Å². The van der Waals surface area contributed by atoms with Crippen molar-refractivity contribution < 1.29 is 28.7 Å². The fourth-order valence-corrected chi connectivity index (χ4v) is 2.87. The van der Waals surface area contributed by atoms with Crippen LogP contribution in [-0.4, -0.2) is 61.9 Å². The van der Waals surface area contributed by atoms with Gasteiger partial charge in [-0.1, -0.05) is 44.2 Å². The van der Waals surface area contributed by atoms with Gasteiger partial charge in [0.2, 0.25) is 17.7 Å². The summed E-state index contributed by atoms with van der Waals surface area (Å²) in [5.74, 6) is -1.46. The van der Waals surface area contributed by atoms with E-state index in [1.807, 2.05) is 19.9 Å². The number of aldehydes is 1. The number of amides is 4. The molecule has 0 spiro atoms. The van der Waals surface area contributed by atoms with E-state index in [9.17, 15) is 24.0 Å². The van der Waals surface area contributed by atoms with Gasteiger partial charge in [0, 0.05) is 6.42 Å². The van der Waals surface area contributed by atoms with E-state index in [-0.39, 0.29) is 12.3 Å². The van der Waals surface area contributed by atoms with Gasteiger partial charge < -0.3 is 30.8 Å². The molecule has 0 aliphatic carbocycles. The molecule has 0 heterocycles. The molecule has 0 aromatic heterocycles. The van der Waals surface area contributed by atoms with Gasteiger partial charge in [0.1, 0.15) is 18.4 Å². The van der Waals surface area contributed by atoms with Gasteiger partial charge in [0.25, 0.3) is 0 Å². The van der Waals surface area contributed by atoms with Crippen molar-refractivity contribution in [2.75, 3.05) is 13.7 Å². The molecule has 3 atom stereocenters. The normalized spacial score (nSPS) is 13.3. The fourth-order valence-electron chi connectivity index (χ4n) is 2.87. The lowest BCUT2D eigenvalue weighted by Crippen LogP contribution is -2.53. The van der Waals surface area contributed by atoms with Crippen molar-refractivity contribution in [1.29, 1.82) is 0 Å². The molecule has 4 N–H and O–H groups in total. The van der Waals surface area contributed by atoms with Crippen LogP contribution in [0.3, 0.4) is 0 Å². The minimum atomic E-state index is -0.956. The zero-order chi connectivity index (χ0) is 24.1. The Bertz CT molecular complexity index is 784. The van der Waals surface area contributed by atoms with Crippen molar-refractivity contribution in [1.82, 2.24) is 21.3 Å². The number of carbonyl (C=O) groups is 5. The SMILES string of the molecule is COC(=O)N[C@@H](Cc1ccccc1)C(=O)NCC(=O)N[C@@H](C)C(=O)N[C@H](C=O)CC(C)C. The summed E-state index contributed by atoms with van der Waals surface area (Å²) in [5.41, 5.74) is 0.810. The van der Waals surface area contributed by atoms with Crippen LogP contribution in [0.25, 0.3) is 0 Å². The summed E-state index contributed by atoms with van der Waals surface area (Å²) in [6.07, 6.45) is 0.572. The molecule has 10 nitrogen and oxygen atoms in total. The second-order valence-corrected chi connectivity index (χ2v) is 7.77. The summed E-state index contributed by atoms with van der Waals surface area (Å²) in [7, 11) is 1.18. The molecular formula is C22H32N4O6. The second-order valence-electron chi connectivity index (χ2n) is 7.77. The summed E-state index contributed by atoms with van der Waals surface area (Å²) < 4.78 is 4.56. The van der Waals surface area contributed by atoms with Gasteiger partial charge in [-0.25, -0.2) is 4.79 Å². The molecular weight excluding hydrogens is 416 g/mol. The maximum Gasteiger partial charge on any atom is 0.407 e. The molecule has 4 amide bonds. The third kappa shape index (κ3) is 10.1. The van der Waals surface area contributed by atoms with Crippen LogP contribution in [0.15, 0.2) is 30.3 Å². The number of rotatable bonds is 12. The van der Waals surface area contributed by atoms with E-state index in [2.05, 4.69) is 26.0 Å². The Balaban J connectivity index is 2.59. The number of alkyl carbamates (subject to hydrolysis) is 1. The lowest BCUT2D eigenvalue weighted by molar-refractivity contribution is -0.130. The zero-order valence-corrected chi connectivity index (χ0v) is 18.8. The fraction of sp³-hybridized carbons (Fsp3) is 0.500. The highest BCUT2D eigenvalue weighted by atomic mass is 16.5. The Hall–Kier alpha value is -3.43. The second kappa shape index (κ2) is 13.8. The molecule has 0 aliphatic heterocycles. The van der Waals surface area contributed by atoms with Gasteiger partial charge in [-0.15, -0.1) is 0 Å². The molecule has 0 radical (unpaired) electrons. The van der Waals surface area contributed by atoms with Gasteiger partial charge in [0.15, 0.2) is 0 Å². The zero-order valence-electron chi connectivity index (χ0n) is 18.8. The minimum absolute atomic E-state index is 0.200. The Morgan fingerprint density at radius 3 is 2.19 bits per heavy atom. The summed E-state index contributed by atoms with van der Waals surface area (Å²) >= 11 is 0. The van der Waals surface area contributed by atoms with Crippen molar-refractivity contribution in [3.05, 3.63) is 35.9 Å². The van der Waals surface area contributed by atoms with Crippen molar-refractivity contribution >= 4 is 30.1 Å². The van der Waals surface area contributed by atoms with Crippen LogP contribution in [0.2, 0.25) is 0 Å². The van der Waals surface area contributed by atoms with Crippen LogP contribution in [0, 0.1) is 5.92 Å². The number of ether oxygens (including phenoxy) is 1. The predicted molar refractivity (Wildman–Crippen MR) is 118 cm³/mol. The molecule has 1 aromatic rings. The maximum atomic E-state index is 12.5. The Morgan fingerprint density at radius 2 is 1.62 bits per heavy atom. The first-order valence-corrected chi connectivity index (χ1v) is 10.4. The Morgan fingerprint density at radius 1 is 0.969 bits per heavy atom. The molecule has 0 saturated heterocycles. The average molecular weight is 449 g/mol. The molecule has 1 aromatic carbocycles. The van der Waals surface area contributed by atoms with Crippen LogP contribution >= 0.6 is 0 Å². The molecule has 0 saturated carbocycles. The molecule has 0 unspecified atom stereocenters. The van der Waals surface area contributed by atoms with E-state index in [1.165, 1.54) is 14.0 Å². The maximum absolute atomic E-state index is 12.5. The van der Waals surface area contributed by atoms with Gasteiger partial charge in [-0.05, 0) is 24.8 Å². The summed E-state index contributed by atoms with van der Waals surface area (Å²) in [4.78, 5) is 59.6. The third-order valence-corrected chi connectivity index (χ3v) is 4.49. The first-order valence-electron chi connectivity index (χ1n) is 10.4. The van der Waals surface area contributed by atoms with Gasteiger partial charge in [-0.3, -0.25) is 14.4 Å². The quantitative estimate of drug-likeness (QED) is 0.339. The van der Waals surface area contributed by atoms with E-state index in [1.54, 1.807) is 24.3 Å². The van der Waals surface area contributed by atoms with E-state index < -0.39 is 48.5 Å². The number of nitrogens with one attached hydrogen (secondary N) is 4. The van der Waals surface area contributed by atoms with Crippen LogP contribution in [0.5, 0.6) is 0 Å². The van der Waals surface area contributed by atoms with E-state index in [0.29, 0.717) is 12.7 Å². The molecule has 0 fully saturated rings. The van der Waals surface area contributed by atoms with Crippen molar-refractivity contribution in [2.45, 2.75) is 51.7 Å².